The molecule has 0 radical (unpaired) electrons. The smallest absolute Gasteiger partial charge is 0.160 e. The molecule has 23 heavy (non-hydrogen) atoms. The third kappa shape index (κ3) is 2.10. The quantitative estimate of drug-likeness (QED) is 0.688. The lowest BCUT2D eigenvalue weighted by Crippen LogP contribution is -2.06. The number of hydrogen-bond donors (Lipinski definition) is 0. The molecule has 3 aromatic rings. The van der Waals surface area contributed by atoms with E-state index in [9.17, 15) is 0 Å². The second kappa shape index (κ2) is 5.04. The average Bonchev–Trinajstić information content (AvgIpc) is 2.97. The van der Waals surface area contributed by atoms with E-state index in [4.69, 9.17) is 4.99 Å². The largest absolute Gasteiger partial charge is 0.275 e. The minimum atomic E-state index is 0.526. The first kappa shape index (κ1) is 14.2. The Morgan fingerprint density at radius 2 is 1.91 bits per heavy atom. The van der Waals surface area contributed by atoms with Gasteiger partial charge < -0.3 is 0 Å². The van der Waals surface area contributed by atoms with E-state index in [2.05, 4.69) is 52.9 Å². The second-order valence-corrected chi connectivity index (χ2v) is 7.01. The summed E-state index contributed by atoms with van der Waals surface area (Å²) in [4.78, 5) is 6.13. The molecule has 0 N–H and O–H groups in total. The zero-order valence-electron chi connectivity index (χ0n) is 13.6. The number of hydrogen-bond acceptors (Lipinski definition) is 4. The van der Waals surface area contributed by atoms with Gasteiger partial charge in [-0.25, -0.2) is 0 Å². The summed E-state index contributed by atoms with van der Waals surface area (Å²) in [6.07, 6.45) is 0. The van der Waals surface area contributed by atoms with Crippen molar-refractivity contribution in [2.45, 2.75) is 34.2 Å². The minimum Gasteiger partial charge on any atom is -0.275 e. The van der Waals surface area contributed by atoms with Gasteiger partial charge in [0.05, 0.1) is 11.3 Å². The fourth-order valence-corrected chi connectivity index (χ4v) is 4.09. The predicted octanol–water partition coefficient (Wildman–Crippen LogP) is 3.51. The van der Waals surface area contributed by atoms with Crippen molar-refractivity contribution in [2.24, 2.45) is 4.99 Å². The number of nitrogens with zero attached hydrogens (tertiary/aromatic N) is 4. The summed E-state index contributed by atoms with van der Waals surface area (Å²) in [6.45, 7) is 8.84. The first-order valence-corrected chi connectivity index (χ1v) is 8.35. The molecule has 0 spiro atoms. The highest BCUT2D eigenvalue weighted by Gasteiger charge is 2.26. The van der Waals surface area contributed by atoms with Gasteiger partial charge in [0.25, 0.3) is 0 Å². The fraction of sp³-hybridized carbons (Fsp3) is 0.278. The standard InChI is InChI=1S/C18H16N4S/c1-10-5-7-14(8-6-10)17-16-11(2)12(3)23-18(16)22-13(4)20-21-15(22)9-19-17/h5,7H,9H2,1-4H3. The molecular formula is C18H16N4S. The van der Waals surface area contributed by atoms with E-state index in [1.807, 2.05) is 13.8 Å². The van der Waals surface area contributed by atoms with E-state index in [1.54, 1.807) is 11.3 Å². The van der Waals surface area contributed by atoms with Gasteiger partial charge in [-0.05, 0) is 51.0 Å². The summed E-state index contributed by atoms with van der Waals surface area (Å²) < 4.78 is 2.13. The van der Waals surface area contributed by atoms with Gasteiger partial charge in [-0.15, -0.1) is 21.5 Å². The van der Waals surface area contributed by atoms with Crippen LogP contribution in [0.2, 0.25) is 0 Å². The summed E-state index contributed by atoms with van der Waals surface area (Å²) in [5.41, 5.74) is 5.47. The van der Waals surface area contributed by atoms with E-state index in [-0.39, 0.29) is 0 Å². The Morgan fingerprint density at radius 1 is 1.09 bits per heavy atom. The van der Waals surface area contributed by atoms with Gasteiger partial charge in [0.1, 0.15) is 17.4 Å². The summed E-state index contributed by atoms with van der Waals surface area (Å²) in [5, 5.41) is 9.67. The van der Waals surface area contributed by atoms with Crippen molar-refractivity contribution in [3.63, 3.8) is 0 Å². The second-order valence-electron chi connectivity index (χ2n) is 5.81. The maximum atomic E-state index is 4.84. The number of aromatic nitrogens is 3. The van der Waals surface area contributed by atoms with Crippen molar-refractivity contribution in [3.05, 3.63) is 63.0 Å². The van der Waals surface area contributed by atoms with Crippen LogP contribution in [0.3, 0.4) is 0 Å². The molecule has 5 heteroatoms. The number of rotatable bonds is 1. The Hall–Kier alpha value is -2.45. The fourth-order valence-electron chi connectivity index (χ4n) is 2.86. The third-order valence-corrected chi connectivity index (χ3v) is 5.42. The van der Waals surface area contributed by atoms with Crippen LogP contribution in [0, 0.1) is 39.8 Å². The van der Waals surface area contributed by atoms with Crippen molar-refractivity contribution in [1.82, 2.24) is 14.8 Å². The van der Waals surface area contributed by atoms with Crippen LogP contribution >= 0.6 is 11.3 Å². The molecule has 2 aromatic heterocycles. The molecule has 4 rings (SSSR count). The van der Waals surface area contributed by atoms with Crippen molar-refractivity contribution in [1.29, 1.82) is 0 Å². The van der Waals surface area contributed by atoms with Gasteiger partial charge in [0.2, 0.25) is 0 Å². The van der Waals surface area contributed by atoms with Crippen LogP contribution < -0.4 is 0 Å². The SMILES string of the molecule is Cc1c#cc(C2=NCc3nnc(C)n3-c3sc(C)c(C)c32)cc1. The van der Waals surface area contributed by atoms with E-state index < -0.39 is 0 Å². The third-order valence-electron chi connectivity index (χ3n) is 4.23. The van der Waals surface area contributed by atoms with E-state index in [0.717, 1.165) is 33.5 Å². The number of fused-ring (bicyclic) bond motifs is 3. The first-order valence-electron chi connectivity index (χ1n) is 7.53. The summed E-state index contributed by atoms with van der Waals surface area (Å²) in [7, 11) is 0. The van der Waals surface area contributed by atoms with Gasteiger partial charge in [0, 0.05) is 10.4 Å². The van der Waals surface area contributed by atoms with E-state index >= 15 is 0 Å². The summed E-state index contributed by atoms with van der Waals surface area (Å²) in [5.74, 6) is 1.79. The zero-order valence-corrected chi connectivity index (χ0v) is 14.4. The van der Waals surface area contributed by atoms with Crippen LogP contribution in [0.4, 0.5) is 0 Å². The van der Waals surface area contributed by atoms with Crippen molar-refractivity contribution < 1.29 is 0 Å². The highest BCUT2D eigenvalue weighted by atomic mass is 32.1. The Labute approximate surface area is 139 Å². The monoisotopic (exact) mass is 320 g/mol. The molecule has 0 aliphatic carbocycles. The van der Waals surface area contributed by atoms with Crippen LogP contribution in [0.15, 0.2) is 17.1 Å². The number of thiophene rings is 1. The van der Waals surface area contributed by atoms with Crippen LogP contribution in [0.1, 0.15) is 38.8 Å². The Bertz CT molecular complexity index is 929. The molecule has 0 amide bonds. The van der Waals surface area contributed by atoms with Crippen LogP contribution in [0.25, 0.3) is 5.00 Å². The van der Waals surface area contributed by atoms with Crippen molar-refractivity contribution in [2.75, 3.05) is 0 Å². The summed E-state index contributed by atoms with van der Waals surface area (Å²) >= 11 is 1.77. The molecule has 0 unspecified atom stereocenters. The van der Waals surface area contributed by atoms with E-state index in [1.165, 1.54) is 16.0 Å². The van der Waals surface area contributed by atoms with Crippen molar-refractivity contribution >= 4 is 17.0 Å². The molecule has 1 aliphatic heterocycles. The summed E-state index contributed by atoms with van der Waals surface area (Å²) in [6, 6.07) is 10.5. The van der Waals surface area contributed by atoms with Gasteiger partial charge in [-0.1, -0.05) is 12.1 Å². The maximum Gasteiger partial charge on any atom is 0.160 e. The Morgan fingerprint density at radius 3 is 2.65 bits per heavy atom. The molecule has 3 heterocycles. The first-order chi connectivity index (χ1) is 11.1. The molecule has 0 fully saturated rings. The van der Waals surface area contributed by atoms with E-state index in [0.29, 0.717) is 6.54 Å². The molecular weight excluding hydrogens is 304 g/mol. The molecule has 4 nitrogen and oxygen atoms in total. The van der Waals surface area contributed by atoms with Gasteiger partial charge in [-0.2, -0.15) is 0 Å². The molecule has 0 saturated carbocycles. The lowest BCUT2D eigenvalue weighted by atomic mass is 10.0. The topological polar surface area (TPSA) is 43.1 Å². The lowest BCUT2D eigenvalue weighted by molar-refractivity contribution is 0.869. The number of aryl methyl sites for hydroxylation is 3. The van der Waals surface area contributed by atoms with Crippen LogP contribution in [-0.2, 0) is 6.54 Å². The Balaban J connectivity index is 2.00. The highest BCUT2D eigenvalue weighted by Crippen LogP contribution is 2.35. The van der Waals surface area contributed by atoms with Crippen molar-refractivity contribution in [3.8, 4) is 5.00 Å². The molecule has 1 aromatic carbocycles. The molecule has 0 bridgehead atoms. The molecule has 0 atom stereocenters. The lowest BCUT2D eigenvalue weighted by Gasteiger charge is -2.07. The zero-order chi connectivity index (χ0) is 16.1. The molecule has 114 valence electrons. The average molecular weight is 320 g/mol. The van der Waals surface area contributed by atoms with Crippen LogP contribution in [-0.4, -0.2) is 20.5 Å². The predicted molar refractivity (Wildman–Crippen MR) is 91.6 cm³/mol. The normalized spacial score (nSPS) is 13.0. The van der Waals surface area contributed by atoms with Gasteiger partial charge in [0.15, 0.2) is 5.82 Å². The number of aliphatic imine (C=N–C) groups is 1. The maximum absolute atomic E-state index is 4.84. The Kier molecular flexibility index (Phi) is 3.10. The van der Waals surface area contributed by atoms with Gasteiger partial charge >= 0.3 is 0 Å². The highest BCUT2D eigenvalue weighted by molar-refractivity contribution is 7.15. The van der Waals surface area contributed by atoms with Crippen LogP contribution in [0.5, 0.6) is 0 Å². The molecule has 0 saturated heterocycles. The minimum absolute atomic E-state index is 0.526. The van der Waals surface area contributed by atoms with Gasteiger partial charge in [-0.3, -0.25) is 9.56 Å². The molecule has 1 aliphatic rings.